The number of methoxy groups -OCH3 is 1. The topological polar surface area (TPSA) is 35.5 Å². The molecule has 0 unspecified atom stereocenters. The largest absolute Gasteiger partial charge is 0.496 e. The first-order valence-electron chi connectivity index (χ1n) is 6.15. The predicted molar refractivity (Wildman–Crippen MR) is 81.6 cm³/mol. The SMILES string of the molecule is COc1ccc(Br)cc1COc1ccc(C)cc1C=O. The van der Waals surface area contributed by atoms with Gasteiger partial charge in [0.25, 0.3) is 0 Å². The minimum Gasteiger partial charge on any atom is -0.496 e. The average Bonchev–Trinajstić information content (AvgIpc) is 2.46. The molecule has 0 heterocycles. The van der Waals surface area contributed by atoms with E-state index in [9.17, 15) is 4.79 Å². The van der Waals surface area contributed by atoms with E-state index in [1.807, 2.05) is 37.3 Å². The molecule has 0 amide bonds. The van der Waals surface area contributed by atoms with Crippen molar-refractivity contribution in [1.82, 2.24) is 0 Å². The molecule has 0 spiro atoms. The van der Waals surface area contributed by atoms with Gasteiger partial charge in [-0.15, -0.1) is 0 Å². The molecule has 0 aliphatic carbocycles. The van der Waals surface area contributed by atoms with Crippen molar-refractivity contribution in [2.75, 3.05) is 7.11 Å². The number of ether oxygens (including phenoxy) is 2. The van der Waals surface area contributed by atoms with Gasteiger partial charge in [-0.1, -0.05) is 27.6 Å². The van der Waals surface area contributed by atoms with Gasteiger partial charge in [0.05, 0.1) is 12.7 Å². The molecule has 0 aliphatic heterocycles. The van der Waals surface area contributed by atoms with Gasteiger partial charge in [0.15, 0.2) is 6.29 Å². The fourth-order valence-electron chi connectivity index (χ4n) is 1.91. The average molecular weight is 335 g/mol. The van der Waals surface area contributed by atoms with E-state index >= 15 is 0 Å². The number of benzene rings is 2. The van der Waals surface area contributed by atoms with Crippen LogP contribution in [0.5, 0.6) is 11.5 Å². The number of carbonyl (C=O) groups is 1. The van der Waals surface area contributed by atoms with Gasteiger partial charge in [-0.05, 0) is 37.3 Å². The van der Waals surface area contributed by atoms with Crippen LogP contribution in [0, 0.1) is 6.92 Å². The van der Waals surface area contributed by atoms with Gasteiger partial charge < -0.3 is 9.47 Å². The second kappa shape index (κ2) is 6.57. The van der Waals surface area contributed by atoms with Crippen molar-refractivity contribution in [3.8, 4) is 11.5 Å². The number of hydrogen-bond acceptors (Lipinski definition) is 3. The Balaban J connectivity index is 2.20. The Morgan fingerprint density at radius 3 is 2.60 bits per heavy atom. The van der Waals surface area contributed by atoms with Gasteiger partial charge in [0.2, 0.25) is 0 Å². The third-order valence-electron chi connectivity index (χ3n) is 2.92. The maximum absolute atomic E-state index is 11.1. The van der Waals surface area contributed by atoms with Crippen molar-refractivity contribution in [3.05, 3.63) is 57.6 Å². The van der Waals surface area contributed by atoms with E-state index in [4.69, 9.17) is 9.47 Å². The van der Waals surface area contributed by atoms with Crippen LogP contribution in [0.1, 0.15) is 21.5 Å². The van der Waals surface area contributed by atoms with Crippen LogP contribution in [-0.2, 0) is 6.61 Å². The molecule has 104 valence electrons. The van der Waals surface area contributed by atoms with Gasteiger partial charge in [-0.3, -0.25) is 4.79 Å². The Morgan fingerprint density at radius 2 is 1.90 bits per heavy atom. The summed E-state index contributed by atoms with van der Waals surface area (Å²) in [4.78, 5) is 11.1. The molecule has 0 radical (unpaired) electrons. The van der Waals surface area contributed by atoms with Crippen molar-refractivity contribution >= 4 is 22.2 Å². The van der Waals surface area contributed by atoms with Gasteiger partial charge in [-0.2, -0.15) is 0 Å². The van der Waals surface area contributed by atoms with Crippen LogP contribution in [0.4, 0.5) is 0 Å². The quantitative estimate of drug-likeness (QED) is 0.770. The van der Waals surface area contributed by atoms with E-state index in [-0.39, 0.29) is 0 Å². The molecule has 0 aromatic heterocycles. The van der Waals surface area contributed by atoms with Crippen molar-refractivity contribution in [1.29, 1.82) is 0 Å². The summed E-state index contributed by atoms with van der Waals surface area (Å²) in [5, 5.41) is 0. The van der Waals surface area contributed by atoms with E-state index in [1.165, 1.54) is 0 Å². The molecule has 0 aliphatic rings. The molecule has 0 saturated heterocycles. The van der Waals surface area contributed by atoms with Crippen LogP contribution in [0.3, 0.4) is 0 Å². The number of hydrogen-bond donors (Lipinski definition) is 0. The van der Waals surface area contributed by atoms with Crippen LogP contribution in [-0.4, -0.2) is 13.4 Å². The molecular formula is C16H15BrO3. The summed E-state index contributed by atoms with van der Waals surface area (Å²) in [7, 11) is 1.62. The smallest absolute Gasteiger partial charge is 0.153 e. The lowest BCUT2D eigenvalue weighted by Gasteiger charge is -2.12. The Bertz CT molecular complexity index is 623. The molecule has 3 nitrogen and oxygen atoms in total. The van der Waals surface area contributed by atoms with E-state index in [0.29, 0.717) is 17.9 Å². The number of rotatable bonds is 5. The van der Waals surface area contributed by atoms with E-state index in [1.54, 1.807) is 13.2 Å². The fraction of sp³-hybridized carbons (Fsp3) is 0.188. The second-order valence-electron chi connectivity index (χ2n) is 4.40. The molecule has 2 aromatic carbocycles. The van der Waals surface area contributed by atoms with Crippen molar-refractivity contribution in [2.45, 2.75) is 13.5 Å². The molecule has 0 atom stereocenters. The van der Waals surface area contributed by atoms with Crippen LogP contribution in [0.2, 0.25) is 0 Å². The molecule has 0 saturated carbocycles. The van der Waals surface area contributed by atoms with Crippen LogP contribution in [0.15, 0.2) is 40.9 Å². The Labute approximate surface area is 126 Å². The highest BCUT2D eigenvalue weighted by Crippen LogP contribution is 2.25. The summed E-state index contributed by atoms with van der Waals surface area (Å²) in [6.45, 7) is 2.28. The summed E-state index contributed by atoms with van der Waals surface area (Å²) >= 11 is 3.42. The zero-order valence-electron chi connectivity index (χ0n) is 11.4. The van der Waals surface area contributed by atoms with Crippen molar-refractivity contribution < 1.29 is 14.3 Å². The van der Waals surface area contributed by atoms with Crippen molar-refractivity contribution in [2.24, 2.45) is 0 Å². The zero-order chi connectivity index (χ0) is 14.5. The molecule has 0 bridgehead atoms. The molecule has 2 rings (SSSR count). The number of aryl methyl sites for hydroxylation is 1. The number of carbonyl (C=O) groups excluding carboxylic acids is 1. The lowest BCUT2D eigenvalue weighted by atomic mass is 10.1. The molecule has 0 N–H and O–H groups in total. The van der Waals surface area contributed by atoms with E-state index in [2.05, 4.69) is 15.9 Å². The van der Waals surface area contributed by atoms with Crippen LogP contribution < -0.4 is 9.47 Å². The van der Waals surface area contributed by atoms with Gasteiger partial charge in [-0.25, -0.2) is 0 Å². The second-order valence-corrected chi connectivity index (χ2v) is 5.32. The number of aldehydes is 1. The van der Waals surface area contributed by atoms with Crippen molar-refractivity contribution in [3.63, 3.8) is 0 Å². The molecule has 2 aromatic rings. The highest BCUT2D eigenvalue weighted by molar-refractivity contribution is 9.10. The standard InChI is InChI=1S/C16H15BrO3/c1-11-3-5-16(12(7-11)9-18)20-10-13-8-14(17)4-6-15(13)19-2/h3-9H,10H2,1-2H3. The van der Waals surface area contributed by atoms with Gasteiger partial charge in [0.1, 0.15) is 18.1 Å². The van der Waals surface area contributed by atoms with E-state index in [0.717, 1.165) is 27.6 Å². The van der Waals surface area contributed by atoms with Gasteiger partial charge in [0, 0.05) is 10.0 Å². The fourth-order valence-corrected chi connectivity index (χ4v) is 2.32. The Hall–Kier alpha value is -1.81. The Morgan fingerprint density at radius 1 is 1.15 bits per heavy atom. The maximum Gasteiger partial charge on any atom is 0.153 e. The normalized spacial score (nSPS) is 10.2. The summed E-state index contributed by atoms with van der Waals surface area (Å²) in [5.74, 6) is 1.33. The Kier molecular flexibility index (Phi) is 4.79. The summed E-state index contributed by atoms with van der Waals surface area (Å²) in [6, 6.07) is 11.3. The van der Waals surface area contributed by atoms with Crippen LogP contribution >= 0.6 is 15.9 Å². The van der Waals surface area contributed by atoms with Crippen LogP contribution in [0.25, 0.3) is 0 Å². The first-order valence-corrected chi connectivity index (χ1v) is 6.94. The third-order valence-corrected chi connectivity index (χ3v) is 3.41. The summed E-state index contributed by atoms with van der Waals surface area (Å²) in [5.41, 5.74) is 2.50. The van der Waals surface area contributed by atoms with E-state index < -0.39 is 0 Å². The predicted octanol–water partition coefficient (Wildman–Crippen LogP) is 4.16. The highest BCUT2D eigenvalue weighted by Gasteiger charge is 2.07. The number of halogens is 1. The lowest BCUT2D eigenvalue weighted by Crippen LogP contribution is -2.01. The minimum absolute atomic E-state index is 0.340. The minimum atomic E-state index is 0.340. The zero-order valence-corrected chi connectivity index (χ0v) is 12.9. The lowest BCUT2D eigenvalue weighted by molar-refractivity contribution is 0.111. The molecule has 20 heavy (non-hydrogen) atoms. The van der Waals surface area contributed by atoms with Gasteiger partial charge >= 0.3 is 0 Å². The third kappa shape index (κ3) is 3.39. The molecular weight excluding hydrogens is 320 g/mol. The first kappa shape index (κ1) is 14.6. The maximum atomic E-state index is 11.1. The summed E-state index contributed by atoms with van der Waals surface area (Å²) in [6.07, 6.45) is 0.806. The summed E-state index contributed by atoms with van der Waals surface area (Å²) < 4.78 is 12.0. The first-order chi connectivity index (χ1) is 9.63. The monoisotopic (exact) mass is 334 g/mol. The molecule has 4 heteroatoms. The molecule has 0 fully saturated rings. The highest BCUT2D eigenvalue weighted by atomic mass is 79.9.